The Balaban J connectivity index is 1.76. The summed E-state index contributed by atoms with van der Waals surface area (Å²) in [6, 6.07) is 8.08. The van der Waals surface area contributed by atoms with Crippen LogP contribution in [0.15, 0.2) is 24.3 Å². The Hall–Kier alpha value is -1.51. The lowest BCUT2D eigenvalue weighted by atomic mass is 9.86. The van der Waals surface area contributed by atoms with Gasteiger partial charge in [0.15, 0.2) is 6.61 Å². The SMILES string of the molecule is Cc1ccc(OCC(=O)N[C@H]2CCCC[C@H]2C)cc1. The van der Waals surface area contributed by atoms with Gasteiger partial charge in [-0.15, -0.1) is 0 Å². The van der Waals surface area contributed by atoms with Gasteiger partial charge >= 0.3 is 0 Å². The summed E-state index contributed by atoms with van der Waals surface area (Å²) in [7, 11) is 0. The number of hydrogen-bond acceptors (Lipinski definition) is 2. The maximum atomic E-state index is 11.9. The molecule has 1 fully saturated rings. The molecule has 1 aliphatic carbocycles. The van der Waals surface area contributed by atoms with E-state index in [1.54, 1.807) is 0 Å². The molecule has 1 aromatic rings. The van der Waals surface area contributed by atoms with Crippen LogP contribution in [0.25, 0.3) is 0 Å². The van der Waals surface area contributed by atoms with Crippen molar-refractivity contribution in [1.82, 2.24) is 5.32 Å². The molecule has 1 amide bonds. The highest BCUT2D eigenvalue weighted by molar-refractivity contribution is 5.77. The van der Waals surface area contributed by atoms with E-state index in [2.05, 4.69) is 12.2 Å². The minimum atomic E-state index is -0.0145. The number of hydrogen-bond donors (Lipinski definition) is 1. The van der Waals surface area contributed by atoms with Crippen LogP contribution >= 0.6 is 0 Å². The van der Waals surface area contributed by atoms with Gasteiger partial charge in [0.1, 0.15) is 5.75 Å². The summed E-state index contributed by atoms with van der Waals surface area (Å²) in [6.07, 6.45) is 4.81. The van der Waals surface area contributed by atoms with Crippen LogP contribution in [0, 0.1) is 12.8 Å². The molecule has 3 nitrogen and oxygen atoms in total. The zero-order valence-corrected chi connectivity index (χ0v) is 11.8. The van der Waals surface area contributed by atoms with Crippen molar-refractivity contribution in [3.05, 3.63) is 29.8 Å². The molecule has 19 heavy (non-hydrogen) atoms. The molecule has 1 N–H and O–H groups in total. The Bertz CT molecular complexity index is 413. The lowest BCUT2D eigenvalue weighted by Crippen LogP contribution is -2.43. The number of nitrogens with one attached hydrogen (secondary N) is 1. The first-order valence-corrected chi connectivity index (χ1v) is 7.14. The minimum absolute atomic E-state index is 0.0145. The molecule has 0 bridgehead atoms. The van der Waals surface area contributed by atoms with Gasteiger partial charge < -0.3 is 10.1 Å². The molecule has 3 heteroatoms. The van der Waals surface area contributed by atoms with E-state index < -0.39 is 0 Å². The summed E-state index contributed by atoms with van der Waals surface area (Å²) in [5.74, 6) is 1.31. The van der Waals surface area contributed by atoms with Crippen LogP contribution in [0.1, 0.15) is 38.2 Å². The van der Waals surface area contributed by atoms with Gasteiger partial charge in [0.2, 0.25) is 0 Å². The van der Waals surface area contributed by atoms with Gasteiger partial charge in [-0.1, -0.05) is 37.5 Å². The van der Waals surface area contributed by atoms with Gasteiger partial charge in [0.25, 0.3) is 5.91 Å². The van der Waals surface area contributed by atoms with E-state index >= 15 is 0 Å². The fraction of sp³-hybridized carbons (Fsp3) is 0.562. The second-order valence-corrected chi connectivity index (χ2v) is 5.54. The molecule has 2 rings (SSSR count). The third kappa shape index (κ3) is 4.27. The van der Waals surface area contributed by atoms with Crippen LogP contribution in [0.2, 0.25) is 0 Å². The first-order valence-electron chi connectivity index (χ1n) is 7.14. The number of carbonyl (C=O) groups excluding carboxylic acids is 1. The molecular weight excluding hydrogens is 238 g/mol. The number of aryl methyl sites for hydroxylation is 1. The summed E-state index contributed by atoms with van der Waals surface area (Å²) >= 11 is 0. The van der Waals surface area contributed by atoms with Crippen molar-refractivity contribution in [2.75, 3.05) is 6.61 Å². The number of rotatable bonds is 4. The van der Waals surface area contributed by atoms with Gasteiger partial charge in [-0.05, 0) is 37.8 Å². The van der Waals surface area contributed by atoms with Gasteiger partial charge in [0, 0.05) is 6.04 Å². The van der Waals surface area contributed by atoms with E-state index in [-0.39, 0.29) is 12.5 Å². The van der Waals surface area contributed by atoms with Crippen molar-refractivity contribution < 1.29 is 9.53 Å². The van der Waals surface area contributed by atoms with Crippen molar-refractivity contribution in [2.24, 2.45) is 5.92 Å². The average molecular weight is 261 g/mol. The Morgan fingerprint density at radius 3 is 2.63 bits per heavy atom. The highest BCUT2D eigenvalue weighted by Gasteiger charge is 2.22. The number of ether oxygens (including phenoxy) is 1. The zero-order valence-electron chi connectivity index (χ0n) is 11.8. The second kappa shape index (κ2) is 6.60. The van der Waals surface area contributed by atoms with Crippen LogP contribution in [-0.4, -0.2) is 18.6 Å². The quantitative estimate of drug-likeness (QED) is 0.904. The highest BCUT2D eigenvalue weighted by Crippen LogP contribution is 2.23. The maximum Gasteiger partial charge on any atom is 0.258 e. The summed E-state index contributed by atoms with van der Waals surface area (Å²) in [5, 5.41) is 3.09. The van der Waals surface area contributed by atoms with Gasteiger partial charge in [0.05, 0.1) is 0 Å². The zero-order chi connectivity index (χ0) is 13.7. The van der Waals surface area contributed by atoms with E-state index in [0.717, 1.165) is 12.2 Å². The van der Waals surface area contributed by atoms with Crippen molar-refractivity contribution in [3.63, 3.8) is 0 Å². The maximum absolute atomic E-state index is 11.9. The van der Waals surface area contributed by atoms with Crippen LogP contribution in [0.3, 0.4) is 0 Å². The average Bonchev–Trinajstić information content (AvgIpc) is 2.41. The summed E-state index contributed by atoms with van der Waals surface area (Å²) in [4.78, 5) is 11.9. The van der Waals surface area contributed by atoms with E-state index in [9.17, 15) is 4.79 Å². The Labute approximate surface area is 115 Å². The second-order valence-electron chi connectivity index (χ2n) is 5.54. The molecule has 0 radical (unpaired) electrons. The molecular formula is C16H23NO2. The first kappa shape index (κ1) is 13.9. The van der Waals surface area contributed by atoms with Gasteiger partial charge in [-0.25, -0.2) is 0 Å². The van der Waals surface area contributed by atoms with Crippen molar-refractivity contribution in [2.45, 2.75) is 45.6 Å². The topological polar surface area (TPSA) is 38.3 Å². The number of carbonyl (C=O) groups is 1. The van der Waals surface area contributed by atoms with Crippen LogP contribution in [-0.2, 0) is 4.79 Å². The van der Waals surface area contributed by atoms with E-state index in [4.69, 9.17) is 4.74 Å². The summed E-state index contributed by atoms with van der Waals surface area (Å²) in [5.41, 5.74) is 1.19. The standard InChI is InChI=1S/C16H23NO2/c1-12-7-9-14(10-8-12)19-11-16(18)17-15-6-4-3-5-13(15)2/h7-10,13,15H,3-6,11H2,1-2H3,(H,17,18)/t13-,15+/m1/s1. The number of amides is 1. The minimum Gasteiger partial charge on any atom is -0.484 e. The Morgan fingerprint density at radius 1 is 1.26 bits per heavy atom. The molecule has 2 atom stereocenters. The highest BCUT2D eigenvalue weighted by atomic mass is 16.5. The third-order valence-electron chi connectivity index (χ3n) is 3.85. The molecule has 1 saturated carbocycles. The Morgan fingerprint density at radius 2 is 1.95 bits per heavy atom. The molecule has 0 spiro atoms. The van der Waals surface area contributed by atoms with Crippen LogP contribution in [0.5, 0.6) is 5.75 Å². The molecule has 0 aliphatic heterocycles. The molecule has 1 aromatic carbocycles. The monoisotopic (exact) mass is 261 g/mol. The molecule has 104 valence electrons. The number of benzene rings is 1. The lowest BCUT2D eigenvalue weighted by Gasteiger charge is -2.29. The largest absolute Gasteiger partial charge is 0.484 e. The fourth-order valence-electron chi connectivity index (χ4n) is 2.56. The third-order valence-corrected chi connectivity index (χ3v) is 3.85. The predicted octanol–water partition coefficient (Wildman–Crippen LogP) is 3.07. The molecule has 0 heterocycles. The van der Waals surface area contributed by atoms with E-state index in [1.165, 1.54) is 24.8 Å². The van der Waals surface area contributed by atoms with Crippen molar-refractivity contribution >= 4 is 5.91 Å². The normalized spacial score (nSPS) is 22.8. The molecule has 0 saturated heterocycles. The van der Waals surface area contributed by atoms with E-state index in [1.807, 2.05) is 31.2 Å². The first-order chi connectivity index (χ1) is 9.15. The molecule has 0 unspecified atom stereocenters. The van der Waals surface area contributed by atoms with Crippen molar-refractivity contribution in [1.29, 1.82) is 0 Å². The van der Waals surface area contributed by atoms with E-state index in [0.29, 0.717) is 12.0 Å². The lowest BCUT2D eigenvalue weighted by molar-refractivity contribution is -0.124. The van der Waals surface area contributed by atoms with Crippen LogP contribution < -0.4 is 10.1 Å². The Kier molecular flexibility index (Phi) is 4.83. The molecule has 0 aromatic heterocycles. The smallest absolute Gasteiger partial charge is 0.258 e. The summed E-state index contributed by atoms with van der Waals surface area (Å²) < 4.78 is 5.49. The summed E-state index contributed by atoms with van der Waals surface area (Å²) in [6.45, 7) is 4.35. The van der Waals surface area contributed by atoms with Crippen LogP contribution in [0.4, 0.5) is 0 Å². The van der Waals surface area contributed by atoms with Crippen molar-refractivity contribution in [3.8, 4) is 5.75 Å². The fourth-order valence-corrected chi connectivity index (χ4v) is 2.56. The van der Waals surface area contributed by atoms with Gasteiger partial charge in [-0.2, -0.15) is 0 Å². The van der Waals surface area contributed by atoms with Gasteiger partial charge in [-0.3, -0.25) is 4.79 Å². The predicted molar refractivity (Wildman–Crippen MR) is 76.2 cm³/mol. The molecule has 1 aliphatic rings.